The summed E-state index contributed by atoms with van der Waals surface area (Å²) in [4.78, 5) is 39.2. The second kappa shape index (κ2) is 9.64. The zero-order valence-electron chi connectivity index (χ0n) is 21.2. The Morgan fingerprint density at radius 2 is 1.72 bits per heavy atom. The molecule has 1 saturated heterocycles. The molecule has 1 fully saturated rings. The number of carbonyl (C=O) groups excluding carboxylic acids is 2. The average molecular weight is 488 g/mol. The van der Waals surface area contributed by atoms with Gasteiger partial charge in [-0.2, -0.15) is 0 Å². The summed E-state index contributed by atoms with van der Waals surface area (Å²) in [6.07, 6.45) is 2.16. The lowest BCUT2D eigenvalue weighted by Crippen LogP contribution is -2.51. The van der Waals surface area contributed by atoms with E-state index in [9.17, 15) is 14.4 Å². The van der Waals surface area contributed by atoms with Gasteiger partial charge in [0.15, 0.2) is 0 Å². The number of pyridine rings is 1. The maximum Gasteiger partial charge on any atom is 0.411 e. The van der Waals surface area contributed by atoms with E-state index in [1.165, 1.54) is 4.57 Å². The fourth-order valence-corrected chi connectivity index (χ4v) is 4.86. The van der Waals surface area contributed by atoms with Gasteiger partial charge in [0.25, 0.3) is 5.56 Å². The molecule has 0 saturated carbocycles. The molecule has 2 N–H and O–H groups in total. The van der Waals surface area contributed by atoms with Gasteiger partial charge >= 0.3 is 6.09 Å². The van der Waals surface area contributed by atoms with Gasteiger partial charge in [-0.15, -0.1) is 0 Å². The van der Waals surface area contributed by atoms with Crippen molar-refractivity contribution in [2.45, 2.75) is 45.3 Å². The number of rotatable bonds is 7. The molecular formula is C29H33N3O4. The van der Waals surface area contributed by atoms with Gasteiger partial charge in [0.05, 0.1) is 6.04 Å². The number of aromatic nitrogens is 1. The Kier molecular flexibility index (Phi) is 6.76. The van der Waals surface area contributed by atoms with Gasteiger partial charge in [0.1, 0.15) is 5.60 Å². The van der Waals surface area contributed by atoms with E-state index >= 15 is 0 Å². The summed E-state index contributed by atoms with van der Waals surface area (Å²) in [5, 5.41) is 0. The minimum atomic E-state index is -0.934. The van der Waals surface area contributed by atoms with Crippen LogP contribution in [0.2, 0.25) is 0 Å². The van der Waals surface area contributed by atoms with E-state index in [1.54, 1.807) is 38.1 Å². The molecule has 0 bridgehead atoms. The molecule has 188 valence electrons. The van der Waals surface area contributed by atoms with Gasteiger partial charge in [-0.05, 0) is 35.2 Å². The first-order valence-corrected chi connectivity index (χ1v) is 12.1. The molecule has 1 aliphatic rings. The van der Waals surface area contributed by atoms with E-state index in [2.05, 4.69) is 0 Å². The fraction of sp³-hybridized carbons (Fsp3) is 0.345. The molecule has 0 aliphatic carbocycles. The van der Waals surface area contributed by atoms with Crippen molar-refractivity contribution >= 4 is 12.0 Å². The van der Waals surface area contributed by atoms with Crippen LogP contribution < -0.4 is 11.3 Å². The molecule has 2 amide bonds. The summed E-state index contributed by atoms with van der Waals surface area (Å²) in [6.45, 7) is 6.01. The van der Waals surface area contributed by atoms with Gasteiger partial charge in [-0.1, -0.05) is 68.4 Å². The number of nitrogens with zero attached hydrogens (tertiary/aromatic N) is 2. The second-order valence-corrected chi connectivity index (χ2v) is 10.3. The fourth-order valence-electron chi connectivity index (χ4n) is 4.86. The first-order valence-electron chi connectivity index (χ1n) is 12.1. The molecule has 7 nitrogen and oxygen atoms in total. The highest BCUT2D eigenvalue weighted by molar-refractivity contribution is 5.80. The Balaban J connectivity index is 1.56. The van der Waals surface area contributed by atoms with Crippen LogP contribution in [0.4, 0.5) is 4.79 Å². The Hall–Kier alpha value is -3.87. The lowest BCUT2D eigenvalue weighted by molar-refractivity contribution is -0.133. The Bertz CT molecular complexity index is 1310. The predicted molar refractivity (Wildman–Crippen MR) is 139 cm³/mol. The van der Waals surface area contributed by atoms with Crippen molar-refractivity contribution in [1.29, 1.82) is 0 Å². The highest BCUT2D eigenvalue weighted by Gasteiger charge is 2.48. The smallest absolute Gasteiger partial charge is 0.411 e. The van der Waals surface area contributed by atoms with Crippen molar-refractivity contribution in [3.8, 4) is 11.1 Å². The van der Waals surface area contributed by atoms with Crippen LogP contribution in [0.5, 0.6) is 0 Å². The normalized spacial score (nSPS) is 19.0. The van der Waals surface area contributed by atoms with Crippen LogP contribution >= 0.6 is 0 Å². The van der Waals surface area contributed by atoms with Crippen molar-refractivity contribution < 1.29 is 14.3 Å². The Morgan fingerprint density at radius 1 is 1.06 bits per heavy atom. The van der Waals surface area contributed by atoms with Gasteiger partial charge < -0.3 is 19.9 Å². The molecular weight excluding hydrogens is 454 g/mol. The highest BCUT2D eigenvalue weighted by atomic mass is 16.6. The summed E-state index contributed by atoms with van der Waals surface area (Å²) in [6, 6.07) is 20.7. The average Bonchev–Trinajstić information content (AvgIpc) is 2.86. The third-order valence-electron chi connectivity index (χ3n) is 7.27. The number of nitrogens with two attached hydrogens (primary N) is 1. The molecule has 2 atom stereocenters. The molecule has 0 unspecified atom stereocenters. The van der Waals surface area contributed by atoms with Gasteiger partial charge in [-0.25, -0.2) is 4.79 Å². The number of benzene rings is 2. The van der Waals surface area contributed by atoms with E-state index in [4.69, 9.17) is 10.5 Å². The minimum absolute atomic E-state index is 0.0672. The third kappa shape index (κ3) is 4.91. The SMILES string of the molecule is C[C@@H](c1ccc(-c2ccn(C)c(=O)c2)cc1)N1CC[C@@](CC(C)(C)C(N)=O)(c2ccccc2)OC1=O. The zero-order chi connectivity index (χ0) is 26.1. The van der Waals surface area contributed by atoms with Crippen LogP contribution in [0.15, 0.2) is 77.7 Å². The van der Waals surface area contributed by atoms with Crippen LogP contribution in [0, 0.1) is 5.41 Å². The number of aryl methyl sites for hydroxylation is 1. The first kappa shape index (κ1) is 25.2. The number of ether oxygens (including phenoxy) is 1. The zero-order valence-corrected chi connectivity index (χ0v) is 21.2. The largest absolute Gasteiger partial charge is 0.438 e. The molecule has 0 spiro atoms. The predicted octanol–water partition coefficient (Wildman–Crippen LogP) is 4.75. The lowest BCUT2D eigenvalue weighted by Gasteiger charge is -2.46. The number of hydrogen-bond acceptors (Lipinski definition) is 4. The number of carbonyl (C=O) groups is 2. The van der Waals surface area contributed by atoms with Crippen LogP contribution in [0.1, 0.15) is 50.8 Å². The maximum absolute atomic E-state index is 13.4. The monoisotopic (exact) mass is 487 g/mol. The summed E-state index contributed by atoms with van der Waals surface area (Å²) in [5.74, 6) is -0.430. The molecule has 1 aliphatic heterocycles. The third-order valence-corrected chi connectivity index (χ3v) is 7.27. The molecule has 1 aromatic heterocycles. The molecule has 0 radical (unpaired) electrons. The van der Waals surface area contributed by atoms with Gasteiger partial charge in [0, 0.05) is 44.1 Å². The van der Waals surface area contributed by atoms with E-state index < -0.39 is 23.0 Å². The number of primary amides is 1. The van der Waals surface area contributed by atoms with Crippen LogP contribution in [-0.2, 0) is 22.2 Å². The topological polar surface area (TPSA) is 94.6 Å². The second-order valence-electron chi connectivity index (χ2n) is 10.3. The summed E-state index contributed by atoms with van der Waals surface area (Å²) in [7, 11) is 1.72. The lowest BCUT2D eigenvalue weighted by atomic mass is 9.74. The number of amides is 2. The van der Waals surface area contributed by atoms with E-state index in [0.29, 0.717) is 19.4 Å². The quantitative estimate of drug-likeness (QED) is 0.520. The summed E-state index contributed by atoms with van der Waals surface area (Å²) >= 11 is 0. The number of hydrogen-bond donors (Lipinski definition) is 1. The minimum Gasteiger partial charge on any atom is -0.438 e. The molecule has 4 rings (SSSR count). The van der Waals surface area contributed by atoms with Crippen molar-refractivity contribution in [2.75, 3.05) is 6.54 Å². The standard InChI is InChI=1S/C29H33N3O4/c1-20(21-10-12-22(13-11-21)23-14-16-31(4)25(33)18-23)32-17-15-29(36-27(32)35,19-28(2,3)26(30)34)24-8-6-5-7-9-24/h5-14,16,18,20H,15,17,19H2,1-4H3,(H2,30,34)/t20-,29+/m0/s1. The summed E-state index contributed by atoms with van der Waals surface area (Å²) in [5.41, 5.74) is 7.42. The van der Waals surface area contributed by atoms with Gasteiger partial charge in [-0.3, -0.25) is 9.59 Å². The van der Waals surface area contributed by atoms with Crippen molar-refractivity contribution in [1.82, 2.24) is 9.47 Å². The molecule has 7 heteroatoms. The van der Waals surface area contributed by atoms with E-state index in [0.717, 1.165) is 22.3 Å². The van der Waals surface area contributed by atoms with Crippen molar-refractivity contribution in [3.05, 3.63) is 94.4 Å². The highest BCUT2D eigenvalue weighted by Crippen LogP contribution is 2.44. The Labute approximate surface area is 211 Å². The van der Waals surface area contributed by atoms with Gasteiger partial charge in [0.2, 0.25) is 5.91 Å². The molecule has 36 heavy (non-hydrogen) atoms. The maximum atomic E-state index is 13.4. The molecule has 2 aromatic carbocycles. The molecule has 2 heterocycles. The van der Waals surface area contributed by atoms with Crippen molar-refractivity contribution in [2.24, 2.45) is 18.2 Å². The van der Waals surface area contributed by atoms with Crippen LogP contribution in [0.3, 0.4) is 0 Å². The Morgan fingerprint density at radius 3 is 2.31 bits per heavy atom. The van der Waals surface area contributed by atoms with E-state index in [1.807, 2.05) is 67.6 Å². The first-order chi connectivity index (χ1) is 17.0. The van der Waals surface area contributed by atoms with Crippen LogP contribution in [-0.4, -0.2) is 28.0 Å². The van der Waals surface area contributed by atoms with Crippen molar-refractivity contribution in [3.63, 3.8) is 0 Å². The van der Waals surface area contributed by atoms with E-state index in [-0.39, 0.29) is 11.6 Å². The molecule has 3 aromatic rings. The number of cyclic esters (lactones) is 1. The summed E-state index contributed by atoms with van der Waals surface area (Å²) < 4.78 is 7.69. The van der Waals surface area contributed by atoms with Crippen LogP contribution in [0.25, 0.3) is 11.1 Å².